The summed E-state index contributed by atoms with van der Waals surface area (Å²) in [4.78, 5) is 0. The summed E-state index contributed by atoms with van der Waals surface area (Å²) in [6, 6.07) is 7.70. The largest absolute Gasteiger partial charge is 0.489 e. The van der Waals surface area contributed by atoms with Gasteiger partial charge in [-0.2, -0.15) is 0 Å². The third-order valence-corrected chi connectivity index (χ3v) is 3.25. The number of hydrogen-bond acceptors (Lipinski definition) is 2. The summed E-state index contributed by atoms with van der Waals surface area (Å²) < 4.78 is 6.00. The van der Waals surface area contributed by atoms with Gasteiger partial charge in [-0.15, -0.1) is 0 Å². The Labute approximate surface area is 102 Å². The number of para-hydroxylation sites is 1. The number of halogens is 1. The Morgan fingerprint density at radius 2 is 2.19 bits per heavy atom. The standard InChI is InChI=1S/C13H18ClNO/c1-15-9-8-12(10-6-7-10)16-13-5-3-2-4-11(13)14/h2-5,10,12,15H,6-9H2,1H3. The highest BCUT2D eigenvalue weighted by molar-refractivity contribution is 6.32. The molecule has 0 saturated heterocycles. The molecule has 88 valence electrons. The van der Waals surface area contributed by atoms with E-state index in [1.807, 2.05) is 31.3 Å². The molecule has 1 aromatic carbocycles. The molecule has 0 aromatic heterocycles. The fourth-order valence-electron chi connectivity index (χ4n) is 1.85. The predicted molar refractivity (Wildman–Crippen MR) is 67.1 cm³/mol. The summed E-state index contributed by atoms with van der Waals surface area (Å²) in [6.45, 7) is 0.992. The van der Waals surface area contributed by atoms with Crippen LogP contribution in [0.1, 0.15) is 19.3 Å². The van der Waals surface area contributed by atoms with E-state index in [1.165, 1.54) is 12.8 Å². The molecule has 0 bridgehead atoms. The van der Waals surface area contributed by atoms with Gasteiger partial charge in [-0.25, -0.2) is 0 Å². The predicted octanol–water partition coefficient (Wildman–Crippen LogP) is 3.11. The van der Waals surface area contributed by atoms with Crippen LogP contribution in [0.25, 0.3) is 0 Å². The van der Waals surface area contributed by atoms with E-state index in [-0.39, 0.29) is 0 Å². The van der Waals surface area contributed by atoms with Crippen molar-refractivity contribution in [2.45, 2.75) is 25.4 Å². The van der Waals surface area contributed by atoms with Crippen LogP contribution in [0.3, 0.4) is 0 Å². The number of nitrogens with one attached hydrogen (secondary N) is 1. The van der Waals surface area contributed by atoms with Crippen LogP contribution >= 0.6 is 11.6 Å². The van der Waals surface area contributed by atoms with Crippen LogP contribution in [0.15, 0.2) is 24.3 Å². The van der Waals surface area contributed by atoms with Crippen LogP contribution in [0, 0.1) is 5.92 Å². The molecule has 1 aliphatic rings. The van der Waals surface area contributed by atoms with E-state index in [0.717, 1.165) is 24.6 Å². The van der Waals surface area contributed by atoms with Crippen LogP contribution in [-0.2, 0) is 0 Å². The van der Waals surface area contributed by atoms with Crippen LogP contribution in [0.4, 0.5) is 0 Å². The molecule has 1 N–H and O–H groups in total. The second kappa shape index (κ2) is 5.55. The zero-order chi connectivity index (χ0) is 11.4. The number of rotatable bonds is 6. The zero-order valence-corrected chi connectivity index (χ0v) is 10.3. The maximum atomic E-state index is 6.09. The average molecular weight is 240 g/mol. The lowest BCUT2D eigenvalue weighted by atomic mass is 10.1. The van der Waals surface area contributed by atoms with Crippen LogP contribution < -0.4 is 10.1 Å². The Kier molecular flexibility index (Phi) is 4.08. The van der Waals surface area contributed by atoms with Crippen LogP contribution in [-0.4, -0.2) is 19.7 Å². The van der Waals surface area contributed by atoms with Crippen molar-refractivity contribution in [2.24, 2.45) is 5.92 Å². The van der Waals surface area contributed by atoms with E-state index in [9.17, 15) is 0 Å². The van der Waals surface area contributed by atoms with Gasteiger partial charge in [-0.1, -0.05) is 23.7 Å². The first-order valence-corrected chi connectivity index (χ1v) is 6.25. The molecular formula is C13H18ClNO. The van der Waals surface area contributed by atoms with E-state index in [2.05, 4.69) is 5.32 Å². The van der Waals surface area contributed by atoms with E-state index in [1.54, 1.807) is 0 Å². The first-order valence-electron chi connectivity index (χ1n) is 5.87. The van der Waals surface area contributed by atoms with E-state index in [4.69, 9.17) is 16.3 Å². The van der Waals surface area contributed by atoms with E-state index >= 15 is 0 Å². The normalized spacial score (nSPS) is 17.1. The first-order chi connectivity index (χ1) is 7.81. The highest BCUT2D eigenvalue weighted by Gasteiger charge is 2.32. The molecule has 1 fully saturated rings. The fraction of sp³-hybridized carbons (Fsp3) is 0.538. The first kappa shape index (κ1) is 11.7. The molecule has 2 rings (SSSR count). The topological polar surface area (TPSA) is 21.3 Å². The lowest BCUT2D eigenvalue weighted by molar-refractivity contribution is 0.168. The van der Waals surface area contributed by atoms with Crippen LogP contribution in [0.2, 0.25) is 5.02 Å². The summed E-state index contributed by atoms with van der Waals surface area (Å²) in [5, 5.41) is 3.87. The van der Waals surface area contributed by atoms with E-state index in [0.29, 0.717) is 11.1 Å². The molecule has 0 radical (unpaired) electrons. The number of ether oxygens (including phenoxy) is 1. The summed E-state index contributed by atoms with van der Waals surface area (Å²) in [5.41, 5.74) is 0. The lowest BCUT2D eigenvalue weighted by Gasteiger charge is -2.19. The van der Waals surface area contributed by atoms with Gasteiger partial charge in [-0.3, -0.25) is 0 Å². The van der Waals surface area contributed by atoms with Crippen molar-refractivity contribution in [2.75, 3.05) is 13.6 Å². The summed E-state index contributed by atoms with van der Waals surface area (Å²) >= 11 is 6.09. The molecule has 0 amide bonds. The van der Waals surface area contributed by atoms with Crippen molar-refractivity contribution < 1.29 is 4.74 Å². The highest BCUT2D eigenvalue weighted by atomic mass is 35.5. The molecule has 3 heteroatoms. The molecule has 1 unspecified atom stereocenters. The van der Waals surface area contributed by atoms with Gasteiger partial charge in [0.05, 0.1) is 5.02 Å². The molecule has 1 aromatic rings. The van der Waals surface area contributed by atoms with Crippen molar-refractivity contribution >= 4 is 11.6 Å². The molecule has 1 aliphatic carbocycles. The molecule has 1 atom stereocenters. The van der Waals surface area contributed by atoms with Gasteiger partial charge in [0.25, 0.3) is 0 Å². The molecule has 1 saturated carbocycles. The highest BCUT2D eigenvalue weighted by Crippen LogP contribution is 2.37. The SMILES string of the molecule is CNCCC(Oc1ccccc1Cl)C1CC1. The second-order valence-corrected chi connectivity index (χ2v) is 4.72. The Morgan fingerprint density at radius 3 is 2.81 bits per heavy atom. The van der Waals surface area contributed by atoms with Crippen molar-refractivity contribution in [3.05, 3.63) is 29.3 Å². The quantitative estimate of drug-likeness (QED) is 0.824. The van der Waals surface area contributed by atoms with Crippen molar-refractivity contribution in [3.63, 3.8) is 0 Å². The minimum absolute atomic E-state index is 0.312. The van der Waals surface area contributed by atoms with Gasteiger partial charge in [0.15, 0.2) is 0 Å². The van der Waals surface area contributed by atoms with Crippen LogP contribution in [0.5, 0.6) is 5.75 Å². The number of hydrogen-bond donors (Lipinski definition) is 1. The minimum Gasteiger partial charge on any atom is -0.489 e. The second-order valence-electron chi connectivity index (χ2n) is 4.32. The molecular weight excluding hydrogens is 222 g/mol. The van der Waals surface area contributed by atoms with Gasteiger partial charge >= 0.3 is 0 Å². The zero-order valence-electron chi connectivity index (χ0n) is 9.58. The third-order valence-electron chi connectivity index (χ3n) is 2.94. The molecule has 0 heterocycles. The minimum atomic E-state index is 0.312. The fourth-order valence-corrected chi connectivity index (χ4v) is 2.03. The average Bonchev–Trinajstić information content (AvgIpc) is 3.10. The monoisotopic (exact) mass is 239 g/mol. The lowest BCUT2D eigenvalue weighted by Crippen LogP contribution is -2.24. The summed E-state index contributed by atoms with van der Waals surface area (Å²) in [6.07, 6.45) is 3.94. The molecule has 0 aliphatic heterocycles. The molecule has 16 heavy (non-hydrogen) atoms. The Morgan fingerprint density at radius 1 is 1.44 bits per heavy atom. The van der Waals surface area contributed by atoms with Crippen molar-refractivity contribution in [3.8, 4) is 5.75 Å². The molecule has 0 spiro atoms. The van der Waals surface area contributed by atoms with E-state index < -0.39 is 0 Å². The summed E-state index contributed by atoms with van der Waals surface area (Å²) in [5.74, 6) is 1.54. The Bertz CT molecular complexity index is 338. The van der Waals surface area contributed by atoms with Crippen molar-refractivity contribution in [1.82, 2.24) is 5.32 Å². The van der Waals surface area contributed by atoms with Crippen molar-refractivity contribution in [1.29, 1.82) is 0 Å². The molecule has 2 nitrogen and oxygen atoms in total. The number of benzene rings is 1. The van der Waals surface area contributed by atoms with Gasteiger partial charge in [0, 0.05) is 0 Å². The van der Waals surface area contributed by atoms with Gasteiger partial charge < -0.3 is 10.1 Å². The van der Waals surface area contributed by atoms with Gasteiger partial charge in [0.1, 0.15) is 11.9 Å². The Balaban J connectivity index is 1.97. The Hall–Kier alpha value is -0.730. The third kappa shape index (κ3) is 3.13. The summed E-state index contributed by atoms with van der Waals surface area (Å²) in [7, 11) is 1.97. The maximum Gasteiger partial charge on any atom is 0.138 e. The van der Waals surface area contributed by atoms with Gasteiger partial charge in [0.2, 0.25) is 0 Å². The smallest absolute Gasteiger partial charge is 0.138 e. The van der Waals surface area contributed by atoms with Gasteiger partial charge in [-0.05, 0) is 50.9 Å². The maximum absolute atomic E-state index is 6.09.